The van der Waals surface area contributed by atoms with Gasteiger partial charge in [0.05, 0.1) is 5.75 Å². The summed E-state index contributed by atoms with van der Waals surface area (Å²) < 4.78 is 28.1. The minimum atomic E-state index is -3.02. The Morgan fingerprint density at radius 3 is 2.60 bits per heavy atom. The first-order valence-electron chi connectivity index (χ1n) is 7.48. The molecule has 0 atom stereocenters. The first-order chi connectivity index (χ1) is 9.53. The monoisotopic (exact) mass is 299 g/mol. The minimum absolute atomic E-state index is 0.300. The molecule has 1 saturated heterocycles. The number of unbranched alkanes of at least 4 members (excludes halogenated alkanes) is 1. The van der Waals surface area contributed by atoms with Crippen LogP contribution in [0.1, 0.15) is 38.4 Å². The van der Waals surface area contributed by atoms with Crippen molar-refractivity contribution in [3.05, 3.63) is 18.2 Å². The van der Waals surface area contributed by atoms with Crippen molar-refractivity contribution in [2.45, 2.75) is 46.1 Å². The van der Waals surface area contributed by atoms with Crippen molar-refractivity contribution in [1.82, 2.24) is 13.9 Å². The van der Waals surface area contributed by atoms with Crippen LogP contribution >= 0.6 is 0 Å². The van der Waals surface area contributed by atoms with E-state index in [1.165, 1.54) is 0 Å². The average molecular weight is 299 g/mol. The number of sulfonamides is 1. The summed E-state index contributed by atoms with van der Waals surface area (Å²) in [5.41, 5.74) is 0. The number of rotatable bonds is 6. The summed E-state index contributed by atoms with van der Waals surface area (Å²) in [5, 5.41) is 0. The van der Waals surface area contributed by atoms with Crippen LogP contribution in [0.25, 0.3) is 0 Å². The average Bonchev–Trinajstić information content (AvgIpc) is 2.83. The number of aromatic nitrogens is 2. The molecule has 5 nitrogen and oxygen atoms in total. The quantitative estimate of drug-likeness (QED) is 0.807. The van der Waals surface area contributed by atoms with Crippen molar-refractivity contribution in [3.8, 4) is 0 Å². The third-order valence-corrected chi connectivity index (χ3v) is 6.06. The Morgan fingerprint density at radius 2 is 2.05 bits per heavy atom. The summed E-state index contributed by atoms with van der Waals surface area (Å²) >= 11 is 0. The van der Waals surface area contributed by atoms with Crippen molar-refractivity contribution in [1.29, 1.82) is 0 Å². The maximum absolute atomic E-state index is 12.1. The highest BCUT2D eigenvalue weighted by molar-refractivity contribution is 7.89. The van der Waals surface area contributed by atoms with Crippen LogP contribution in [-0.4, -0.2) is 41.1 Å². The molecule has 1 aromatic rings. The lowest BCUT2D eigenvalue weighted by Gasteiger charge is -2.31. The summed E-state index contributed by atoms with van der Waals surface area (Å²) in [5.74, 6) is 1.89. The summed E-state index contributed by atoms with van der Waals surface area (Å²) in [7, 11) is -3.02. The van der Waals surface area contributed by atoms with Crippen LogP contribution in [0.2, 0.25) is 0 Å². The fraction of sp³-hybridized carbons (Fsp3) is 0.786. The molecular weight excluding hydrogens is 274 g/mol. The molecule has 0 aliphatic carbocycles. The third-order valence-electron chi connectivity index (χ3n) is 4.10. The molecule has 0 radical (unpaired) electrons. The van der Waals surface area contributed by atoms with E-state index in [0.29, 0.717) is 24.8 Å². The Morgan fingerprint density at radius 1 is 1.35 bits per heavy atom. The van der Waals surface area contributed by atoms with Gasteiger partial charge in [-0.15, -0.1) is 0 Å². The second-order valence-corrected chi connectivity index (χ2v) is 7.73. The van der Waals surface area contributed by atoms with Gasteiger partial charge in [-0.1, -0.05) is 13.3 Å². The highest BCUT2D eigenvalue weighted by atomic mass is 32.2. The topological polar surface area (TPSA) is 55.2 Å². The number of hydrogen-bond donors (Lipinski definition) is 0. The predicted molar refractivity (Wildman–Crippen MR) is 80.0 cm³/mol. The van der Waals surface area contributed by atoms with Crippen LogP contribution in [0.5, 0.6) is 0 Å². The Balaban J connectivity index is 1.85. The van der Waals surface area contributed by atoms with Gasteiger partial charge >= 0.3 is 0 Å². The lowest BCUT2D eigenvalue weighted by Crippen LogP contribution is -2.40. The van der Waals surface area contributed by atoms with Gasteiger partial charge in [0, 0.05) is 32.0 Å². The Labute approximate surface area is 122 Å². The van der Waals surface area contributed by atoms with E-state index in [2.05, 4.69) is 9.55 Å². The van der Waals surface area contributed by atoms with E-state index >= 15 is 0 Å². The van der Waals surface area contributed by atoms with Gasteiger partial charge < -0.3 is 4.57 Å². The smallest absolute Gasteiger partial charge is 0.214 e. The van der Waals surface area contributed by atoms with E-state index in [9.17, 15) is 8.42 Å². The van der Waals surface area contributed by atoms with Crippen molar-refractivity contribution in [2.24, 2.45) is 5.92 Å². The molecule has 2 rings (SSSR count). The largest absolute Gasteiger partial charge is 0.335 e. The van der Waals surface area contributed by atoms with E-state index in [1.807, 2.05) is 26.2 Å². The van der Waals surface area contributed by atoms with Crippen LogP contribution in [0.3, 0.4) is 0 Å². The zero-order valence-corrected chi connectivity index (χ0v) is 13.3. The molecule has 1 fully saturated rings. The molecule has 1 aliphatic rings. The van der Waals surface area contributed by atoms with Crippen molar-refractivity contribution in [3.63, 3.8) is 0 Å². The SMILES string of the molecule is CCCCS(=O)(=O)N1CCC(Cn2ccnc2C)CC1. The van der Waals surface area contributed by atoms with E-state index in [-0.39, 0.29) is 0 Å². The van der Waals surface area contributed by atoms with Gasteiger partial charge in [-0.3, -0.25) is 0 Å². The highest BCUT2D eigenvalue weighted by Gasteiger charge is 2.27. The Bertz CT molecular complexity index is 516. The number of imidazole rings is 1. The van der Waals surface area contributed by atoms with Crippen LogP contribution in [0.4, 0.5) is 0 Å². The molecule has 0 aromatic carbocycles. The molecule has 6 heteroatoms. The van der Waals surface area contributed by atoms with Crippen LogP contribution in [-0.2, 0) is 16.6 Å². The van der Waals surface area contributed by atoms with Gasteiger partial charge in [0.1, 0.15) is 5.82 Å². The molecule has 2 heterocycles. The molecule has 20 heavy (non-hydrogen) atoms. The molecule has 114 valence electrons. The fourth-order valence-corrected chi connectivity index (χ4v) is 4.38. The molecule has 0 spiro atoms. The molecular formula is C14H25N3O2S. The van der Waals surface area contributed by atoms with E-state index in [4.69, 9.17) is 0 Å². The first kappa shape index (κ1) is 15.5. The third kappa shape index (κ3) is 3.82. The van der Waals surface area contributed by atoms with Crippen molar-refractivity contribution < 1.29 is 8.42 Å². The zero-order valence-electron chi connectivity index (χ0n) is 12.5. The van der Waals surface area contributed by atoms with Crippen LogP contribution in [0, 0.1) is 12.8 Å². The molecule has 0 unspecified atom stereocenters. The summed E-state index contributed by atoms with van der Waals surface area (Å²) in [4.78, 5) is 4.23. The highest BCUT2D eigenvalue weighted by Crippen LogP contribution is 2.22. The number of hydrogen-bond acceptors (Lipinski definition) is 3. The van der Waals surface area contributed by atoms with Gasteiger partial charge in [-0.05, 0) is 32.1 Å². The van der Waals surface area contributed by atoms with E-state index < -0.39 is 10.0 Å². The second-order valence-electron chi connectivity index (χ2n) is 5.64. The minimum Gasteiger partial charge on any atom is -0.335 e. The van der Waals surface area contributed by atoms with E-state index in [0.717, 1.165) is 38.1 Å². The maximum Gasteiger partial charge on any atom is 0.214 e. The second kappa shape index (κ2) is 6.72. The Hall–Kier alpha value is -0.880. The van der Waals surface area contributed by atoms with Gasteiger partial charge in [0.25, 0.3) is 0 Å². The van der Waals surface area contributed by atoms with Crippen molar-refractivity contribution >= 4 is 10.0 Å². The van der Waals surface area contributed by atoms with Gasteiger partial charge in [-0.25, -0.2) is 17.7 Å². The summed E-state index contributed by atoms with van der Waals surface area (Å²) in [6.45, 7) is 6.32. The normalized spacial score (nSPS) is 18.5. The first-order valence-corrected chi connectivity index (χ1v) is 9.09. The molecule has 1 aromatic heterocycles. The molecule has 1 aliphatic heterocycles. The summed E-state index contributed by atoms with van der Waals surface area (Å²) in [6.07, 6.45) is 7.40. The van der Waals surface area contributed by atoms with Gasteiger partial charge in [0.15, 0.2) is 0 Å². The zero-order chi connectivity index (χ0) is 14.6. The standard InChI is InChI=1S/C14H25N3O2S/c1-3-4-11-20(18,19)17-8-5-14(6-9-17)12-16-10-7-15-13(16)2/h7,10,14H,3-6,8-9,11-12H2,1-2H3. The number of nitrogens with zero attached hydrogens (tertiary/aromatic N) is 3. The number of piperidine rings is 1. The predicted octanol–water partition coefficient (Wildman–Crippen LogP) is 2.03. The summed E-state index contributed by atoms with van der Waals surface area (Å²) in [6, 6.07) is 0. The van der Waals surface area contributed by atoms with Crippen molar-refractivity contribution in [2.75, 3.05) is 18.8 Å². The van der Waals surface area contributed by atoms with Crippen LogP contribution in [0.15, 0.2) is 12.4 Å². The maximum atomic E-state index is 12.1. The molecule has 0 amide bonds. The lowest BCUT2D eigenvalue weighted by atomic mass is 9.98. The van der Waals surface area contributed by atoms with E-state index in [1.54, 1.807) is 4.31 Å². The van der Waals surface area contributed by atoms with Gasteiger partial charge in [0.2, 0.25) is 10.0 Å². The lowest BCUT2D eigenvalue weighted by molar-refractivity contribution is 0.252. The molecule has 0 saturated carbocycles. The Kier molecular flexibility index (Phi) is 5.21. The molecule has 0 bridgehead atoms. The molecule has 0 N–H and O–H groups in total. The number of aryl methyl sites for hydroxylation is 1. The fourth-order valence-electron chi connectivity index (χ4n) is 2.70. The van der Waals surface area contributed by atoms with Crippen LogP contribution < -0.4 is 0 Å². The van der Waals surface area contributed by atoms with Gasteiger partial charge in [-0.2, -0.15) is 0 Å².